The maximum atomic E-state index is 13.5. The highest BCUT2D eigenvalue weighted by atomic mass is 16.6. The Hall–Kier alpha value is -3.18. The van der Waals surface area contributed by atoms with E-state index in [0.29, 0.717) is 0 Å². The summed E-state index contributed by atoms with van der Waals surface area (Å²) in [5.74, 6) is -1.02. The zero-order valence-corrected chi connectivity index (χ0v) is 26.1. The summed E-state index contributed by atoms with van der Waals surface area (Å²) in [5.41, 5.74) is 8.93. The van der Waals surface area contributed by atoms with Crippen molar-refractivity contribution in [2.24, 2.45) is 21.7 Å². The van der Waals surface area contributed by atoms with Gasteiger partial charge in [0.25, 0.3) is 0 Å². The van der Waals surface area contributed by atoms with Gasteiger partial charge in [0.15, 0.2) is 0 Å². The number of fused-ring (bicyclic) bond motifs is 5. The zero-order valence-electron chi connectivity index (χ0n) is 26.1. The molecule has 0 spiro atoms. The average molecular weight is 555 g/mol. The fraction of sp³-hybridized carbons (Fsp3) is 0.500. The zero-order chi connectivity index (χ0) is 29.9. The summed E-state index contributed by atoms with van der Waals surface area (Å²) < 4.78 is 17.7. The molecule has 4 aliphatic carbocycles. The number of rotatable bonds is 4. The topological polar surface area (TPSA) is 61.8 Å². The molecule has 6 rings (SSSR count). The second kappa shape index (κ2) is 8.67. The normalized spacial score (nSPS) is 31.4. The smallest absolute Gasteiger partial charge is 0.337 e. The number of carbonyl (C=O) groups is 2. The van der Waals surface area contributed by atoms with Gasteiger partial charge in [-0.3, -0.25) is 0 Å². The molecule has 5 heteroatoms. The van der Waals surface area contributed by atoms with Crippen molar-refractivity contribution >= 4 is 11.9 Å². The van der Waals surface area contributed by atoms with E-state index < -0.39 is 35.0 Å². The van der Waals surface area contributed by atoms with Gasteiger partial charge in [0.1, 0.15) is 12.2 Å². The minimum Gasteiger partial charge on any atom is -0.463 e. The predicted molar refractivity (Wildman–Crippen MR) is 160 cm³/mol. The van der Waals surface area contributed by atoms with Gasteiger partial charge in [0, 0.05) is 10.8 Å². The lowest BCUT2D eigenvalue weighted by molar-refractivity contribution is -0.141. The Bertz CT molecular complexity index is 1440. The quantitative estimate of drug-likeness (QED) is 0.344. The molecule has 1 saturated heterocycles. The lowest BCUT2D eigenvalue weighted by atomic mass is 9.43. The fourth-order valence-corrected chi connectivity index (χ4v) is 7.59. The highest BCUT2D eigenvalue weighted by molar-refractivity contribution is 6.06. The molecule has 2 unspecified atom stereocenters. The third kappa shape index (κ3) is 3.51. The summed E-state index contributed by atoms with van der Waals surface area (Å²) in [4.78, 5) is 27.0. The second-order valence-electron chi connectivity index (χ2n) is 14.3. The molecule has 1 fully saturated rings. The van der Waals surface area contributed by atoms with Gasteiger partial charge in [-0.05, 0) is 69.3 Å². The predicted octanol–water partition coefficient (Wildman–Crippen LogP) is 7.20. The van der Waals surface area contributed by atoms with E-state index in [0.717, 1.165) is 11.1 Å². The van der Waals surface area contributed by atoms with Gasteiger partial charge in [-0.1, -0.05) is 91.8 Å². The van der Waals surface area contributed by atoms with Crippen LogP contribution in [0.5, 0.6) is 0 Å². The Morgan fingerprint density at radius 1 is 0.707 bits per heavy atom. The van der Waals surface area contributed by atoms with Crippen LogP contribution in [0.1, 0.15) is 69.2 Å². The van der Waals surface area contributed by atoms with Crippen LogP contribution in [0.25, 0.3) is 0 Å². The van der Waals surface area contributed by atoms with Crippen molar-refractivity contribution < 1.29 is 23.8 Å². The molecule has 0 amide bonds. The third-order valence-corrected chi connectivity index (χ3v) is 10.1. The van der Waals surface area contributed by atoms with E-state index in [1.54, 1.807) is 13.8 Å². The third-order valence-electron chi connectivity index (χ3n) is 10.1. The molecule has 0 N–H and O–H groups in total. The standard InChI is InChI=1S/C36H42O5/c1-11-39-31(37)27-28(32(38)40-12-2)30-26-24-18-22(34(6,7)8)16-20-14-13-19-15-21(33(3,4)5)17-23(25(26)29(27)41-30)35(19,9)36(20,24)10/h13-18,29-30H,11-12H2,1-10H3/t29?,30?,35-,36-/m0/s1. The van der Waals surface area contributed by atoms with Gasteiger partial charge >= 0.3 is 11.9 Å². The number of hydrogen-bond donors (Lipinski definition) is 0. The number of ether oxygens (including phenoxy) is 3. The van der Waals surface area contributed by atoms with Crippen LogP contribution in [-0.4, -0.2) is 37.4 Å². The van der Waals surface area contributed by atoms with E-state index in [1.165, 1.54) is 33.4 Å². The molecular formula is C36H42O5. The molecule has 2 heterocycles. The Labute approximate surface area is 244 Å². The maximum absolute atomic E-state index is 13.5. The van der Waals surface area contributed by atoms with Crippen LogP contribution >= 0.6 is 0 Å². The van der Waals surface area contributed by atoms with Gasteiger partial charge in [-0.25, -0.2) is 9.59 Å². The minimum absolute atomic E-state index is 0.0862. The van der Waals surface area contributed by atoms with Crippen LogP contribution in [-0.2, 0) is 23.8 Å². The molecule has 5 nitrogen and oxygen atoms in total. The van der Waals surface area contributed by atoms with Crippen molar-refractivity contribution in [1.82, 2.24) is 0 Å². The van der Waals surface area contributed by atoms with Crippen LogP contribution in [0.3, 0.4) is 0 Å². The van der Waals surface area contributed by atoms with Crippen molar-refractivity contribution in [2.75, 3.05) is 13.2 Å². The first-order valence-electron chi connectivity index (χ1n) is 14.9. The monoisotopic (exact) mass is 554 g/mol. The summed E-state index contributed by atoms with van der Waals surface area (Å²) >= 11 is 0. The van der Waals surface area contributed by atoms with Crippen molar-refractivity contribution in [3.05, 3.63) is 92.2 Å². The average Bonchev–Trinajstić information content (AvgIpc) is 3.43. The molecule has 0 aromatic heterocycles. The first-order valence-corrected chi connectivity index (χ1v) is 14.9. The number of allylic oxidation sites excluding steroid dienone is 12. The summed E-state index contributed by atoms with van der Waals surface area (Å²) in [7, 11) is 0. The lowest BCUT2D eigenvalue weighted by Gasteiger charge is -2.59. The van der Waals surface area contributed by atoms with Gasteiger partial charge in [0.2, 0.25) is 0 Å². The molecule has 4 atom stereocenters. The number of hydrogen-bond acceptors (Lipinski definition) is 5. The van der Waals surface area contributed by atoms with E-state index in [-0.39, 0.29) is 35.2 Å². The minimum atomic E-state index is -0.694. The summed E-state index contributed by atoms with van der Waals surface area (Å²) in [5, 5.41) is 0. The van der Waals surface area contributed by atoms with E-state index in [1.807, 2.05) is 0 Å². The van der Waals surface area contributed by atoms with Gasteiger partial charge in [-0.15, -0.1) is 0 Å². The van der Waals surface area contributed by atoms with E-state index in [9.17, 15) is 9.59 Å². The number of esters is 2. The SMILES string of the molecule is CCOC(=O)C1=C(C(=O)OCC)C2OC1C1=C3C=C(C(C)(C)C)C=C4C=CC5=CC(C(C)(C)C)=CC(=C12)[C@@]5(C)[C@@]43C. The molecule has 6 aliphatic rings. The van der Waals surface area contributed by atoms with E-state index in [4.69, 9.17) is 14.2 Å². The maximum Gasteiger partial charge on any atom is 0.337 e. The largest absolute Gasteiger partial charge is 0.463 e. The van der Waals surface area contributed by atoms with Crippen molar-refractivity contribution in [2.45, 2.75) is 81.4 Å². The Morgan fingerprint density at radius 2 is 1.07 bits per heavy atom. The first-order chi connectivity index (χ1) is 19.1. The van der Waals surface area contributed by atoms with Crippen LogP contribution in [0.4, 0.5) is 0 Å². The molecule has 2 aliphatic heterocycles. The van der Waals surface area contributed by atoms with E-state index >= 15 is 0 Å². The van der Waals surface area contributed by atoms with Crippen LogP contribution in [0, 0.1) is 21.7 Å². The van der Waals surface area contributed by atoms with Crippen LogP contribution in [0.15, 0.2) is 92.2 Å². The van der Waals surface area contributed by atoms with Crippen LogP contribution in [0.2, 0.25) is 0 Å². The second-order valence-corrected chi connectivity index (χ2v) is 14.3. The molecule has 216 valence electrons. The summed E-state index contributed by atoms with van der Waals surface area (Å²) in [6, 6.07) is 0. The lowest BCUT2D eigenvalue weighted by Crippen LogP contribution is -2.51. The van der Waals surface area contributed by atoms with Crippen LogP contribution < -0.4 is 0 Å². The fourth-order valence-electron chi connectivity index (χ4n) is 7.59. The molecule has 0 aromatic carbocycles. The molecule has 0 aromatic rings. The van der Waals surface area contributed by atoms with Gasteiger partial charge in [0.05, 0.1) is 24.4 Å². The van der Waals surface area contributed by atoms with Gasteiger partial charge in [-0.2, -0.15) is 0 Å². The molecule has 0 radical (unpaired) electrons. The Kier molecular flexibility index (Phi) is 5.91. The summed E-state index contributed by atoms with van der Waals surface area (Å²) in [6.07, 6.45) is 12.5. The number of carbonyl (C=O) groups excluding carboxylic acids is 2. The van der Waals surface area contributed by atoms with E-state index in [2.05, 4.69) is 91.8 Å². The molecule has 2 bridgehead atoms. The first kappa shape index (κ1) is 28.0. The Balaban J connectivity index is 1.75. The van der Waals surface area contributed by atoms with Crippen molar-refractivity contribution in [3.8, 4) is 0 Å². The van der Waals surface area contributed by atoms with Crippen molar-refractivity contribution in [3.63, 3.8) is 0 Å². The summed E-state index contributed by atoms with van der Waals surface area (Å²) in [6.45, 7) is 22.0. The van der Waals surface area contributed by atoms with Crippen molar-refractivity contribution in [1.29, 1.82) is 0 Å². The molecular weight excluding hydrogens is 512 g/mol. The highest BCUT2D eigenvalue weighted by Gasteiger charge is 2.65. The van der Waals surface area contributed by atoms with Gasteiger partial charge < -0.3 is 14.2 Å². The highest BCUT2D eigenvalue weighted by Crippen LogP contribution is 2.71. The molecule has 41 heavy (non-hydrogen) atoms. The molecule has 0 saturated carbocycles. The Morgan fingerprint density at radius 3 is 1.39 bits per heavy atom.